The van der Waals surface area contributed by atoms with E-state index in [4.69, 9.17) is 4.52 Å². The third-order valence-electron chi connectivity index (χ3n) is 5.76. The van der Waals surface area contributed by atoms with Crippen LogP contribution in [0.4, 0.5) is 17.6 Å². The van der Waals surface area contributed by atoms with Gasteiger partial charge in [0.2, 0.25) is 17.6 Å². The predicted molar refractivity (Wildman–Crippen MR) is 116 cm³/mol. The lowest BCUT2D eigenvalue weighted by Crippen LogP contribution is -2.48. The van der Waals surface area contributed by atoms with Gasteiger partial charge in [0.25, 0.3) is 0 Å². The summed E-state index contributed by atoms with van der Waals surface area (Å²) in [7, 11) is 0. The molecule has 1 saturated heterocycles. The minimum Gasteiger partial charge on any atom is -0.340 e. The Morgan fingerprint density at radius 3 is 2.29 bits per heavy atom. The van der Waals surface area contributed by atoms with E-state index in [1.807, 2.05) is 0 Å². The number of aromatic nitrogens is 2. The first-order valence-corrected chi connectivity index (χ1v) is 11.0. The van der Waals surface area contributed by atoms with Crippen molar-refractivity contribution in [1.29, 1.82) is 0 Å². The Balaban J connectivity index is 1.18. The average Bonchev–Trinajstić information content (AvgIpc) is 3.28. The highest BCUT2D eigenvalue weighted by Gasteiger charge is 2.30. The van der Waals surface area contributed by atoms with Crippen LogP contribution in [0.3, 0.4) is 0 Å². The Kier molecular flexibility index (Phi) is 7.26. The number of hydrogen-bond acceptors (Lipinski definition) is 5. The van der Waals surface area contributed by atoms with Crippen molar-refractivity contribution >= 4 is 5.91 Å². The fourth-order valence-electron chi connectivity index (χ4n) is 3.83. The largest absolute Gasteiger partial charge is 0.416 e. The molecule has 1 aliphatic heterocycles. The molecule has 34 heavy (non-hydrogen) atoms. The number of aryl methyl sites for hydroxylation is 1. The van der Waals surface area contributed by atoms with Gasteiger partial charge in [-0.05, 0) is 48.4 Å². The van der Waals surface area contributed by atoms with Crippen LogP contribution in [0.25, 0.3) is 11.4 Å². The molecule has 0 atom stereocenters. The molecule has 1 aliphatic rings. The number of alkyl halides is 3. The molecular formula is C24H24F4N4O2. The Morgan fingerprint density at radius 1 is 0.971 bits per heavy atom. The smallest absolute Gasteiger partial charge is 0.340 e. The van der Waals surface area contributed by atoms with Crippen molar-refractivity contribution < 1.29 is 26.9 Å². The van der Waals surface area contributed by atoms with Gasteiger partial charge in [0, 0.05) is 51.1 Å². The molecule has 0 N–H and O–H groups in total. The van der Waals surface area contributed by atoms with Crippen molar-refractivity contribution in [2.45, 2.75) is 32.0 Å². The van der Waals surface area contributed by atoms with Crippen LogP contribution in [0.15, 0.2) is 53.1 Å². The van der Waals surface area contributed by atoms with E-state index in [1.54, 1.807) is 17.0 Å². The molecule has 6 nitrogen and oxygen atoms in total. The average molecular weight is 476 g/mol. The third kappa shape index (κ3) is 6.19. The third-order valence-corrected chi connectivity index (χ3v) is 5.76. The van der Waals surface area contributed by atoms with Crippen LogP contribution in [-0.4, -0.2) is 52.0 Å². The summed E-state index contributed by atoms with van der Waals surface area (Å²) >= 11 is 0. The van der Waals surface area contributed by atoms with Crippen LogP contribution in [0.1, 0.15) is 29.9 Å². The zero-order valence-corrected chi connectivity index (χ0v) is 18.4. The summed E-state index contributed by atoms with van der Waals surface area (Å²) in [6.07, 6.45) is -2.95. The normalized spacial score (nSPS) is 15.0. The quantitative estimate of drug-likeness (QED) is 0.468. The van der Waals surface area contributed by atoms with Crippen LogP contribution < -0.4 is 0 Å². The number of amides is 1. The summed E-state index contributed by atoms with van der Waals surface area (Å²) in [6, 6.07) is 11.0. The summed E-state index contributed by atoms with van der Waals surface area (Å²) in [6.45, 7) is 3.03. The van der Waals surface area contributed by atoms with E-state index < -0.39 is 11.7 Å². The van der Waals surface area contributed by atoms with Gasteiger partial charge < -0.3 is 9.42 Å². The molecule has 10 heteroatoms. The van der Waals surface area contributed by atoms with Crippen molar-refractivity contribution in [2.75, 3.05) is 26.2 Å². The second kappa shape index (κ2) is 10.3. The lowest BCUT2D eigenvalue weighted by Gasteiger charge is -2.34. The zero-order valence-electron chi connectivity index (χ0n) is 18.4. The molecule has 1 fully saturated rings. The number of piperazine rings is 1. The lowest BCUT2D eigenvalue weighted by atomic mass is 10.1. The summed E-state index contributed by atoms with van der Waals surface area (Å²) < 4.78 is 56.3. The van der Waals surface area contributed by atoms with E-state index >= 15 is 0 Å². The fourth-order valence-corrected chi connectivity index (χ4v) is 3.83. The number of halogens is 4. The SMILES string of the molecule is O=C(CCCc1nc(-c2ccc(F)cc2)no1)N1CCN(Cc2ccc(C(F)(F)F)cc2)CC1. The second-order valence-electron chi connectivity index (χ2n) is 8.22. The minimum absolute atomic E-state index is 0.0486. The van der Waals surface area contributed by atoms with Crippen molar-refractivity contribution in [3.05, 3.63) is 71.4 Å². The van der Waals surface area contributed by atoms with Crippen molar-refractivity contribution in [3.8, 4) is 11.4 Å². The van der Waals surface area contributed by atoms with E-state index in [0.29, 0.717) is 69.3 Å². The Morgan fingerprint density at radius 2 is 1.65 bits per heavy atom. The van der Waals surface area contributed by atoms with Gasteiger partial charge >= 0.3 is 6.18 Å². The summed E-state index contributed by atoms with van der Waals surface area (Å²) in [5, 5.41) is 3.90. The number of rotatable bonds is 7. The summed E-state index contributed by atoms with van der Waals surface area (Å²) in [4.78, 5) is 20.8. The zero-order chi connectivity index (χ0) is 24.1. The van der Waals surface area contributed by atoms with Gasteiger partial charge in [-0.1, -0.05) is 17.3 Å². The maximum Gasteiger partial charge on any atom is 0.416 e. The van der Waals surface area contributed by atoms with Crippen LogP contribution >= 0.6 is 0 Å². The Hall–Kier alpha value is -3.27. The molecule has 0 saturated carbocycles. The van der Waals surface area contributed by atoms with E-state index in [2.05, 4.69) is 15.0 Å². The Labute approximate surface area is 194 Å². The maximum atomic E-state index is 13.0. The lowest BCUT2D eigenvalue weighted by molar-refractivity contribution is -0.137. The molecule has 4 rings (SSSR count). The monoisotopic (exact) mass is 476 g/mol. The number of hydrogen-bond donors (Lipinski definition) is 0. The van der Waals surface area contributed by atoms with Gasteiger partial charge in [0.05, 0.1) is 5.56 Å². The van der Waals surface area contributed by atoms with Gasteiger partial charge in [0.1, 0.15) is 5.82 Å². The molecule has 1 aromatic heterocycles. The van der Waals surface area contributed by atoms with Gasteiger partial charge in [-0.25, -0.2) is 4.39 Å². The highest BCUT2D eigenvalue weighted by atomic mass is 19.4. The molecule has 0 spiro atoms. The van der Waals surface area contributed by atoms with Crippen molar-refractivity contribution in [1.82, 2.24) is 19.9 Å². The van der Waals surface area contributed by atoms with Crippen LogP contribution in [0, 0.1) is 5.82 Å². The topological polar surface area (TPSA) is 62.5 Å². The first kappa shape index (κ1) is 23.9. The van der Waals surface area contributed by atoms with Crippen LogP contribution in [0.5, 0.6) is 0 Å². The molecule has 0 unspecified atom stereocenters. The summed E-state index contributed by atoms with van der Waals surface area (Å²) in [5.41, 5.74) is 0.813. The predicted octanol–water partition coefficient (Wildman–Crippen LogP) is 4.56. The molecule has 0 aliphatic carbocycles. The highest BCUT2D eigenvalue weighted by molar-refractivity contribution is 5.76. The number of nitrogens with zero attached hydrogens (tertiary/aromatic N) is 4. The first-order chi connectivity index (χ1) is 16.3. The molecule has 0 bridgehead atoms. The van der Waals surface area contributed by atoms with Gasteiger partial charge in [-0.2, -0.15) is 18.2 Å². The van der Waals surface area contributed by atoms with E-state index in [0.717, 1.165) is 17.7 Å². The maximum absolute atomic E-state index is 13.0. The van der Waals surface area contributed by atoms with Gasteiger partial charge in [-0.15, -0.1) is 0 Å². The molecule has 0 radical (unpaired) electrons. The van der Waals surface area contributed by atoms with Crippen molar-refractivity contribution in [2.24, 2.45) is 0 Å². The van der Waals surface area contributed by atoms with Gasteiger partial charge in [-0.3, -0.25) is 9.69 Å². The molecule has 1 amide bonds. The number of carbonyl (C=O) groups excluding carboxylic acids is 1. The molecular weight excluding hydrogens is 452 g/mol. The second-order valence-corrected chi connectivity index (χ2v) is 8.22. The van der Waals surface area contributed by atoms with E-state index in [9.17, 15) is 22.4 Å². The van der Waals surface area contributed by atoms with E-state index in [-0.39, 0.29) is 11.7 Å². The minimum atomic E-state index is -4.33. The van der Waals surface area contributed by atoms with Crippen molar-refractivity contribution in [3.63, 3.8) is 0 Å². The van der Waals surface area contributed by atoms with Crippen LogP contribution in [0.2, 0.25) is 0 Å². The molecule has 2 heterocycles. The summed E-state index contributed by atoms with van der Waals surface area (Å²) in [5.74, 6) is 0.512. The van der Waals surface area contributed by atoms with Gasteiger partial charge in [0.15, 0.2) is 0 Å². The first-order valence-electron chi connectivity index (χ1n) is 11.0. The number of carbonyl (C=O) groups is 1. The molecule has 2 aromatic carbocycles. The Bertz CT molecular complexity index is 1090. The molecule has 180 valence electrons. The molecule has 3 aromatic rings. The number of benzene rings is 2. The fraction of sp³-hybridized carbons (Fsp3) is 0.375. The van der Waals surface area contributed by atoms with Crippen LogP contribution in [-0.2, 0) is 23.9 Å². The van der Waals surface area contributed by atoms with E-state index in [1.165, 1.54) is 24.3 Å². The highest BCUT2D eigenvalue weighted by Crippen LogP contribution is 2.29. The standard InChI is InChI=1S/C24H24F4N4O2/c25-20-10-6-18(7-11-20)23-29-21(34-30-23)2-1-3-22(33)32-14-12-31(13-15-32)16-17-4-8-19(9-5-17)24(26,27)28/h4-11H,1-3,12-16H2.